The number of carbonyl (C=O) groups is 2. The molecule has 2 aliphatic rings. The van der Waals surface area contributed by atoms with Crippen molar-refractivity contribution in [1.29, 1.82) is 0 Å². The molecule has 0 spiro atoms. The van der Waals surface area contributed by atoms with Crippen LogP contribution >= 0.6 is 0 Å². The highest BCUT2D eigenvalue weighted by atomic mass is 16.2. The van der Waals surface area contributed by atoms with Gasteiger partial charge in [0.05, 0.1) is 12.1 Å². The van der Waals surface area contributed by atoms with Gasteiger partial charge in [0.2, 0.25) is 5.91 Å². The van der Waals surface area contributed by atoms with Crippen molar-refractivity contribution < 1.29 is 9.59 Å². The second-order valence-corrected chi connectivity index (χ2v) is 8.96. The van der Waals surface area contributed by atoms with Crippen molar-refractivity contribution in [3.8, 4) is 11.3 Å². The lowest BCUT2D eigenvalue weighted by Gasteiger charge is -2.27. The predicted molar refractivity (Wildman–Crippen MR) is 124 cm³/mol. The van der Waals surface area contributed by atoms with Gasteiger partial charge in [-0.1, -0.05) is 25.8 Å². The van der Waals surface area contributed by atoms with Gasteiger partial charge in [-0.3, -0.25) is 9.59 Å². The number of amides is 2. The van der Waals surface area contributed by atoms with Crippen molar-refractivity contribution >= 4 is 23.1 Å². The predicted octanol–water partition coefficient (Wildman–Crippen LogP) is 3.88. The molecule has 1 atom stereocenters. The summed E-state index contributed by atoms with van der Waals surface area (Å²) in [6, 6.07) is 10.1. The van der Waals surface area contributed by atoms with Gasteiger partial charge in [0.1, 0.15) is 5.69 Å². The maximum atomic E-state index is 13.3. The number of likely N-dealkylation sites (N-methyl/N-ethyl adjacent to an activating group) is 1. The Hall–Kier alpha value is -3.22. The molecule has 32 heavy (non-hydrogen) atoms. The number of anilines is 1. The van der Waals surface area contributed by atoms with E-state index < -0.39 is 0 Å². The Labute approximate surface area is 188 Å². The zero-order chi connectivity index (χ0) is 22.4. The number of carbonyl (C=O) groups excluding carboxylic acids is 2. The molecule has 0 radical (unpaired) electrons. The number of rotatable bonds is 3. The van der Waals surface area contributed by atoms with Gasteiger partial charge in [-0.05, 0) is 49.9 Å². The van der Waals surface area contributed by atoms with Gasteiger partial charge in [0.25, 0.3) is 5.91 Å². The van der Waals surface area contributed by atoms with E-state index in [-0.39, 0.29) is 17.9 Å². The van der Waals surface area contributed by atoms with E-state index in [1.165, 1.54) is 12.8 Å². The first-order chi connectivity index (χ1) is 15.5. The fraction of sp³-hybridized carbons (Fsp3) is 0.440. The first-order valence-corrected chi connectivity index (χ1v) is 11.6. The van der Waals surface area contributed by atoms with Crippen LogP contribution in [0.4, 0.5) is 5.69 Å². The third kappa shape index (κ3) is 3.45. The van der Waals surface area contributed by atoms with Crippen LogP contribution in [0.5, 0.6) is 0 Å². The number of aromatic nitrogens is 3. The average Bonchev–Trinajstić information content (AvgIpc) is 3.27. The van der Waals surface area contributed by atoms with Crippen LogP contribution in [0.2, 0.25) is 0 Å². The van der Waals surface area contributed by atoms with Crippen molar-refractivity contribution in [2.24, 2.45) is 0 Å². The summed E-state index contributed by atoms with van der Waals surface area (Å²) in [6.07, 6.45) is 5.60. The normalized spacial score (nSPS) is 18.8. The van der Waals surface area contributed by atoms with E-state index in [1.807, 2.05) is 39.7 Å². The Morgan fingerprint density at radius 2 is 2.00 bits per heavy atom. The van der Waals surface area contributed by atoms with Crippen molar-refractivity contribution in [3.63, 3.8) is 0 Å². The number of aryl methyl sites for hydroxylation is 1. The molecular weight excluding hydrogens is 402 g/mol. The van der Waals surface area contributed by atoms with Crippen LogP contribution in [-0.4, -0.2) is 50.9 Å². The highest BCUT2D eigenvalue weighted by Gasteiger charge is 2.26. The summed E-state index contributed by atoms with van der Waals surface area (Å²) in [4.78, 5) is 33.8. The zero-order valence-electron chi connectivity index (χ0n) is 19.0. The topological polar surface area (TPSA) is 70.8 Å². The smallest absolute Gasteiger partial charge is 0.272 e. The van der Waals surface area contributed by atoms with E-state index in [2.05, 4.69) is 13.8 Å². The second kappa shape index (κ2) is 8.04. The molecule has 2 amide bonds. The molecule has 7 nitrogen and oxygen atoms in total. The molecule has 2 aromatic heterocycles. The molecular formula is C25H29N5O2. The second-order valence-electron chi connectivity index (χ2n) is 8.96. The van der Waals surface area contributed by atoms with E-state index in [9.17, 15) is 9.59 Å². The molecule has 7 heteroatoms. The highest BCUT2D eigenvalue weighted by molar-refractivity contribution is 6.01. The molecule has 0 bridgehead atoms. The molecule has 1 saturated heterocycles. The van der Waals surface area contributed by atoms with Gasteiger partial charge >= 0.3 is 0 Å². The monoisotopic (exact) mass is 431 g/mol. The molecule has 5 rings (SSSR count). The molecule has 166 valence electrons. The van der Waals surface area contributed by atoms with E-state index in [0.29, 0.717) is 17.8 Å². The number of fused-ring (bicyclic) bond motifs is 2. The van der Waals surface area contributed by atoms with Crippen LogP contribution in [0, 0.1) is 0 Å². The minimum atomic E-state index is 0.0124. The van der Waals surface area contributed by atoms with Crippen LogP contribution in [0.1, 0.15) is 61.3 Å². The van der Waals surface area contributed by atoms with Gasteiger partial charge in [-0.15, -0.1) is 0 Å². The van der Waals surface area contributed by atoms with Gasteiger partial charge < -0.3 is 9.80 Å². The lowest BCUT2D eigenvalue weighted by atomic mass is 10.1. The van der Waals surface area contributed by atoms with Crippen molar-refractivity contribution in [2.45, 2.75) is 58.4 Å². The van der Waals surface area contributed by atoms with Crippen molar-refractivity contribution in [3.05, 3.63) is 47.3 Å². The van der Waals surface area contributed by atoms with Gasteiger partial charge in [-0.25, -0.2) is 9.50 Å². The molecule has 0 N–H and O–H groups in total. The fourth-order valence-corrected chi connectivity index (χ4v) is 4.89. The molecule has 1 aromatic carbocycles. The summed E-state index contributed by atoms with van der Waals surface area (Å²) < 4.78 is 1.84. The van der Waals surface area contributed by atoms with Gasteiger partial charge in [0.15, 0.2) is 5.65 Å². The third-order valence-electron chi connectivity index (χ3n) is 6.85. The van der Waals surface area contributed by atoms with Gasteiger partial charge in [-0.2, -0.15) is 5.10 Å². The van der Waals surface area contributed by atoms with Crippen LogP contribution in [0.3, 0.4) is 0 Å². The molecule has 1 fully saturated rings. The van der Waals surface area contributed by atoms with E-state index in [1.54, 1.807) is 11.9 Å². The largest absolute Gasteiger partial charge is 0.335 e. The highest BCUT2D eigenvalue weighted by Crippen LogP contribution is 2.32. The van der Waals surface area contributed by atoms with Gasteiger partial charge in [0, 0.05) is 42.6 Å². The molecule has 3 aromatic rings. The first kappa shape index (κ1) is 20.7. The van der Waals surface area contributed by atoms with Crippen LogP contribution in [0.15, 0.2) is 30.3 Å². The van der Waals surface area contributed by atoms with Crippen molar-refractivity contribution in [2.75, 3.05) is 18.5 Å². The van der Waals surface area contributed by atoms with Crippen LogP contribution in [0.25, 0.3) is 16.9 Å². The molecule has 1 unspecified atom stereocenters. The van der Waals surface area contributed by atoms with Crippen LogP contribution < -0.4 is 4.90 Å². The number of benzene rings is 1. The SMILES string of the molecule is CCc1cc(C(=O)N2CCCCCC2C)nc2cc(-c3ccc4c(c3)CC(=O)N4C)nn12. The average molecular weight is 432 g/mol. The summed E-state index contributed by atoms with van der Waals surface area (Å²) in [5.74, 6) is 0.117. The Bertz CT molecular complexity index is 1210. The zero-order valence-corrected chi connectivity index (χ0v) is 19.0. The lowest BCUT2D eigenvalue weighted by molar-refractivity contribution is -0.117. The minimum absolute atomic E-state index is 0.0124. The fourth-order valence-electron chi connectivity index (χ4n) is 4.89. The van der Waals surface area contributed by atoms with Crippen molar-refractivity contribution in [1.82, 2.24) is 19.5 Å². The molecule has 0 saturated carbocycles. The Morgan fingerprint density at radius 3 is 2.81 bits per heavy atom. The number of likely N-dealkylation sites (tertiary alicyclic amines) is 1. The Kier molecular flexibility index (Phi) is 5.19. The maximum absolute atomic E-state index is 13.3. The third-order valence-corrected chi connectivity index (χ3v) is 6.85. The number of hydrogen-bond acceptors (Lipinski definition) is 4. The molecule has 2 aliphatic heterocycles. The molecule has 4 heterocycles. The minimum Gasteiger partial charge on any atom is -0.335 e. The standard InChI is InChI=1S/C25H29N5O2/c1-4-19-14-21(25(32)29-11-7-5-6-8-16(29)2)26-23-15-20(27-30(19)23)17-9-10-22-18(12-17)13-24(31)28(22)3/h9-10,12,14-16H,4-8,11,13H2,1-3H3. The van der Waals surface area contributed by atoms with E-state index in [0.717, 1.165) is 54.0 Å². The summed E-state index contributed by atoms with van der Waals surface area (Å²) in [6.45, 7) is 4.99. The molecule has 0 aliphatic carbocycles. The summed E-state index contributed by atoms with van der Waals surface area (Å²) in [5.41, 5.74) is 5.85. The summed E-state index contributed by atoms with van der Waals surface area (Å²) in [5, 5.41) is 4.79. The summed E-state index contributed by atoms with van der Waals surface area (Å²) >= 11 is 0. The number of hydrogen-bond donors (Lipinski definition) is 0. The maximum Gasteiger partial charge on any atom is 0.272 e. The lowest BCUT2D eigenvalue weighted by Crippen LogP contribution is -2.38. The van der Waals surface area contributed by atoms with E-state index in [4.69, 9.17) is 10.1 Å². The van der Waals surface area contributed by atoms with Crippen LogP contribution in [-0.2, 0) is 17.6 Å². The van der Waals surface area contributed by atoms with E-state index >= 15 is 0 Å². The Balaban J connectivity index is 1.53. The summed E-state index contributed by atoms with van der Waals surface area (Å²) in [7, 11) is 1.81. The Morgan fingerprint density at radius 1 is 1.16 bits per heavy atom. The quantitative estimate of drug-likeness (QED) is 0.631. The number of nitrogens with zero attached hydrogens (tertiary/aromatic N) is 5. The first-order valence-electron chi connectivity index (χ1n) is 11.6.